The van der Waals surface area contributed by atoms with E-state index in [0.717, 1.165) is 5.56 Å². The lowest BCUT2D eigenvalue weighted by molar-refractivity contribution is -0.113. The zero-order chi connectivity index (χ0) is 21.0. The molecule has 0 aliphatic carbocycles. The molecular weight excluding hydrogens is 435 g/mol. The summed E-state index contributed by atoms with van der Waals surface area (Å²) in [4.78, 5) is 12.2. The first-order valence-electron chi connectivity index (χ1n) is 8.41. The van der Waals surface area contributed by atoms with Gasteiger partial charge in [-0.2, -0.15) is 0 Å². The van der Waals surface area contributed by atoms with Gasteiger partial charge in [-0.1, -0.05) is 35.0 Å². The van der Waals surface area contributed by atoms with Gasteiger partial charge in [0.05, 0.1) is 20.0 Å². The molecule has 7 nitrogen and oxygen atoms in total. The van der Waals surface area contributed by atoms with Crippen LogP contribution in [0.25, 0.3) is 11.4 Å². The van der Waals surface area contributed by atoms with Crippen LogP contribution in [-0.2, 0) is 11.8 Å². The molecule has 1 amide bonds. The molecule has 1 heterocycles. The molecule has 0 aliphatic rings. The van der Waals surface area contributed by atoms with Gasteiger partial charge in [-0.15, -0.1) is 10.2 Å². The summed E-state index contributed by atoms with van der Waals surface area (Å²) in [7, 11) is 4.99. The van der Waals surface area contributed by atoms with Gasteiger partial charge in [-0.05, 0) is 36.4 Å². The van der Waals surface area contributed by atoms with Crippen LogP contribution < -0.4 is 14.8 Å². The Morgan fingerprint density at radius 3 is 2.41 bits per heavy atom. The molecule has 3 aromatic rings. The minimum Gasteiger partial charge on any atom is -0.493 e. The van der Waals surface area contributed by atoms with Gasteiger partial charge >= 0.3 is 0 Å². The first kappa shape index (κ1) is 21.3. The highest BCUT2D eigenvalue weighted by Gasteiger charge is 2.15. The van der Waals surface area contributed by atoms with E-state index in [1.807, 2.05) is 23.7 Å². The van der Waals surface area contributed by atoms with Crippen LogP contribution in [0.15, 0.2) is 41.6 Å². The standard InChI is InChI=1S/C19H18Cl2N4O3S/c1-25-18(11-4-5-15(27-2)16(6-11)28-3)23-24-19(25)29-10-17(26)22-14-8-12(20)7-13(21)9-14/h4-9H,10H2,1-3H3,(H,22,26). The molecule has 1 N–H and O–H groups in total. The second-order valence-electron chi connectivity index (χ2n) is 5.93. The van der Waals surface area contributed by atoms with Crippen molar-refractivity contribution in [2.75, 3.05) is 25.3 Å². The Labute approximate surface area is 182 Å². The molecule has 0 radical (unpaired) electrons. The predicted molar refractivity (Wildman–Crippen MR) is 115 cm³/mol. The number of hydrogen-bond donors (Lipinski definition) is 1. The molecule has 3 rings (SSSR count). The van der Waals surface area contributed by atoms with Gasteiger partial charge in [-0.3, -0.25) is 4.79 Å². The number of carbonyl (C=O) groups excluding carboxylic acids is 1. The summed E-state index contributed by atoms with van der Waals surface area (Å²) in [5.74, 6) is 1.83. The van der Waals surface area contributed by atoms with E-state index in [2.05, 4.69) is 15.5 Å². The third-order valence-corrected chi connectivity index (χ3v) is 5.41. The van der Waals surface area contributed by atoms with Crippen molar-refractivity contribution in [3.63, 3.8) is 0 Å². The minimum atomic E-state index is -0.205. The van der Waals surface area contributed by atoms with E-state index in [9.17, 15) is 4.79 Å². The van der Waals surface area contributed by atoms with Crippen molar-refractivity contribution in [1.82, 2.24) is 14.8 Å². The van der Waals surface area contributed by atoms with Crippen molar-refractivity contribution >= 4 is 46.6 Å². The molecule has 0 aliphatic heterocycles. The largest absolute Gasteiger partial charge is 0.493 e. The van der Waals surface area contributed by atoms with E-state index < -0.39 is 0 Å². The third-order valence-electron chi connectivity index (χ3n) is 3.96. The maximum Gasteiger partial charge on any atom is 0.234 e. The fraction of sp³-hybridized carbons (Fsp3) is 0.211. The van der Waals surface area contributed by atoms with Crippen molar-refractivity contribution in [2.45, 2.75) is 5.16 Å². The monoisotopic (exact) mass is 452 g/mol. The van der Waals surface area contributed by atoms with Gasteiger partial charge in [0.25, 0.3) is 0 Å². The molecule has 0 saturated heterocycles. The van der Waals surface area contributed by atoms with E-state index in [0.29, 0.717) is 38.2 Å². The quantitative estimate of drug-likeness (QED) is 0.530. The first-order chi connectivity index (χ1) is 13.9. The Kier molecular flexibility index (Phi) is 6.89. The van der Waals surface area contributed by atoms with Crippen molar-refractivity contribution < 1.29 is 14.3 Å². The molecule has 2 aromatic carbocycles. The molecule has 0 atom stereocenters. The summed E-state index contributed by atoms with van der Waals surface area (Å²) in [6.45, 7) is 0. The van der Waals surface area contributed by atoms with Gasteiger partial charge in [0.2, 0.25) is 5.91 Å². The Morgan fingerprint density at radius 2 is 1.76 bits per heavy atom. The number of nitrogens with one attached hydrogen (secondary N) is 1. The number of rotatable bonds is 7. The number of halogens is 2. The number of anilines is 1. The summed E-state index contributed by atoms with van der Waals surface area (Å²) in [5, 5.41) is 12.7. The average Bonchev–Trinajstić information content (AvgIpc) is 3.05. The first-order valence-corrected chi connectivity index (χ1v) is 10.2. The smallest absolute Gasteiger partial charge is 0.234 e. The summed E-state index contributed by atoms with van der Waals surface area (Å²) < 4.78 is 12.4. The lowest BCUT2D eigenvalue weighted by Crippen LogP contribution is -2.14. The Morgan fingerprint density at radius 1 is 1.07 bits per heavy atom. The van der Waals surface area contributed by atoms with Crippen LogP contribution in [0, 0.1) is 0 Å². The van der Waals surface area contributed by atoms with Crippen LogP contribution in [0.3, 0.4) is 0 Å². The number of thioether (sulfide) groups is 1. The SMILES string of the molecule is COc1ccc(-c2nnc(SCC(=O)Nc3cc(Cl)cc(Cl)c3)n2C)cc1OC. The van der Waals surface area contributed by atoms with Crippen LogP contribution >= 0.6 is 35.0 Å². The number of amides is 1. The number of ether oxygens (including phenoxy) is 2. The van der Waals surface area contributed by atoms with Gasteiger partial charge in [0, 0.05) is 28.3 Å². The maximum atomic E-state index is 12.2. The summed E-state index contributed by atoms with van der Waals surface area (Å²) in [5.41, 5.74) is 1.36. The van der Waals surface area contributed by atoms with E-state index in [1.54, 1.807) is 38.5 Å². The fourth-order valence-corrected chi connectivity index (χ4v) is 3.86. The Hall–Kier alpha value is -2.42. The lowest BCUT2D eigenvalue weighted by Gasteiger charge is -2.09. The molecule has 152 valence electrons. The second kappa shape index (κ2) is 9.39. The summed E-state index contributed by atoms with van der Waals surface area (Å²) in [6.07, 6.45) is 0. The molecule has 0 fully saturated rings. The Bertz CT molecular complexity index is 1020. The lowest BCUT2D eigenvalue weighted by atomic mass is 10.2. The fourth-order valence-electron chi connectivity index (χ4n) is 2.62. The predicted octanol–water partition coefficient (Wildman–Crippen LogP) is 4.54. The van der Waals surface area contributed by atoms with E-state index in [1.165, 1.54) is 11.8 Å². The third kappa shape index (κ3) is 5.14. The number of hydrogen-bond acceptors (Lipinski definition) is 6. The number of aromatic nitrogens is 3. The molecule has 0 spiro atoms. The highest BCUT2D eigenvalue weighted by atomic mass is 35.5. The van der Waals surface area contributed by atoms with Crippen LogP contribution in [0.1, 0.15) is 0 Å². The van der Waals surface area contributed by atoms with E-state index in [4.69, 9.17) is 32.7 Å². The normalized spacial score (nSPS) is 10.7. The van der Waals surface area contributed by atoms with Crippen molar-refractivity contribution in [1.29, 1.82) is 0 Å². The second-order valence-corrected chi connectivity index (χ2v) is 7.75. The molecule has 0 unspecified atom stereocenters. The zero-order valence-electron chi connectivity index (χ0n) is 15.9. The molecule has 1 aromatic heterocycles. The van der Waals surface area contributed by atoms with Crippen LogP contribution in [-0.4, -0.2) is 40.6 Å². The van der Waals surface area contributed by atoms with Crippen LogP contribution in [0.2, 0.25) is 10.0 Å². The summed E-state index contributed by atoms with van der Waals surface area (Å²) >= 11 is 13.2. The maximum absolute atomic E-state index is 12.2. The van der Waals surface area contributed by atoms with E-state index >= 15 is 0 Å². The number of methoxy groups -OCH3 is 2. The van der Waals surface area contributed by atoms with Gasteiger partial charge in [0.15, 0.2) is 22.5 Å². The topological polar surface area (TPSA) is 78.3 Å². The minimum absolute atomic E-state index is 0.155. The van der Waals surface area contributed by atoms with Crippen molar-refractivity contribution in [2.24, 2.45) is 7.05 Å². The van der Waals surface area contributed by atoms with Gasteiger partial charge in [0.1, 0.15) is 0 Å². The van der Waals surface area contributed by atoms with E-state index in [-0.39, 0.29) is 11.7 Å². The van der Waals surface area contributed by atoms with Gasteiger partial charge < -0.3 is 19.4 Å². The highest BCUT2D eigenvalue weighted by molar-refractivity contribution is 7.99. The molecular formula is C19H18Cl2N4O3S. The number of carbonyl (C=O) groups is 1. The number of benzene rings is 2. The number of nitrogens with zero attached hydrogens (tertiary/aromatic N) is 3. The van der Waals surface area contributed by atoms with Gasteiger partial charge in [-0.25, -0.2) is 0 Å². The van der Waals surface area contributed by atoms with Crippen molar-refractivity contribution in [3.8, 4) is 22.9 Å². The Balaban J connectivity index is 1.69. The van der Waals surface area contributed by atoms with Crippen LogP contribution in [0.4, 0.5) is 5.69 Å². The average molecular weight is 453 g/mol. The summed E-state index contributed by atoms with van der Waals surface area (Å²) in [6, 6.07) is 10.4. The molecule has 29 heavy (non-hydrogen) atoms. The highest BCUT2D eigenvalue weighted by Crippen LogP contribution is 2.32. The zero-order valence-corrected chi connectivity index (χ0v) is 18.2. The molecule has 0 bridgehead atoms. The van der Waals surface area contributed by atoms with Crippen molar-refractivity contribution in [3.05, 3.63) is 46.4 Å². The molecule has 10 heteroatoms. The van der Waals surface area contributed by atoms with Crippen LogP contribution in [0.5, 0.6) is 11.5 Å². The molecule has 0 saturated carbocycles.